The summed E-state index contributed by atoms with van der Waals surface area (Å²) in [6.45, 7) is 16.5. The van der Waals surface area contributed by atoms with Crippen molar-refractivity contribution in [3.8, 4) is 0 Å². The maximum Gasteiger partial charge on any atom is 0.326 e. The van der Waals surface area contributed by atoms with Crippen LogP contribution in [0.2, 0.25) is 0 Å². The van der Waals surface area contributed by atoms with Crippen molar-refractivity contribution >= 4 is 88.8 Å². The van der Waals surface area contributed by atoms with Gasteiger partial charge in [0.1, 0.15) is 66.5 Å². The van der Waals surface area contributed by atoms with Crippen LogP contribution in [0.4, 0.5) is 0 Å². The SMILES string of the molecule is CC(C)C[C@H](NC(=O)[C@H](CC(=O)O)NC(=O)[C@H](CCC(N)=O)NC(=O)[C@H](CCCCN)NC(=O)[C@@H](NC(=O)[C@H](CC(C)C)NC(=O)[C@@H]1CCCN1C(=O)[C@@H](NC(=O)[C@@H]1CCCN1C(=O)[C@H](CCC(=O)O)NC(=O)[C@H](C)NC(=O)[C@H](C)N)C(C)C)C(C)C)C(=O)O. The number of unbranched alkanes of at least 4 members (excludes halogenated alkanes) is 1. The second kappa shape index (κ2) is 37.8. The highest BCUT2D eigenvalue weighted by Crippen LogP contribution is 2.24. The highest BCUT2D eigenvalue weighted by Gasteiger charge is 2.44. The van der Waals surface area contributed by atoms with Gasteiger partial charge in [0.2, 0.25) is 70.9 Å². The Balaban J connectivity index is 2.37. The quantitative estimate of drug-likeness (QED) is 0.0271. The second-order valence-electron chi connectivity index (χ2n) is 24.6. The van der Waals surface area contributed by atoms with Crippen LogP contribution in [0.15, 0.2) is 0 Å². The number of nitrogens with one attached hydrogen (secondary N) is 9. The van der Waals surface area contributed by atoms with Crippen molar-refractivity contribution in [2.75, 3.05) is 19.6 Å². The van der Waals surface area contributed by atoms with Gasteiger partial charge >= 0.3 is 17.9 Å². The number of nitrogens with two attached hydrogens (primary N) is 3. The number of rotatable bonds is 39. The van der Waals surface area contributed by atoms with Crippen LogP contribution in [0.5, 0.6) is 0 Å². The van der Waals surface area contributed by atoms with E-state index < -0.39 is 199 Å². The van der Waals surface area contributed by atoms with Gasteiger partial charge < -0.3 is 90.2 Å². The summed E-state index contributed by atoms with van der Waals surface area (Å²) in [6, 6.07) is -16.1. The number of carboxylic acid groups (broad SMARTS) is 3. The van der Waals surface area contributed by atoms with E-state index in [1.165, 1.54) is 23.6 Å². The molecule has 508 valence electrons. The minimum atomic E-state index is -1.85. The number of likely N-dealkylation sites (tertiary alicyclic amines) is 2. The summed E-state index contributed by atoms with van der Waals surface area (Å²) in [5, 5.41) is 51.4. The van der Waals surface area contributed by atoms with Gasteiger partial charge in [0, 0.05) is 25.9 Å². The van der Waals surface area contributed by atoms with Gasteiger partial charge in [-0.15, -0.1) is 0 Å². The molecule has 2 heterocycles. The third kappa shape index (κ3) is 25.8. The van der Waals surface area contributed by atoms with Crippen LogP contribution in [-0.4, -0.2) is 206 Å². The number of nitrogens with zero attached hydrogens (tertiary/aromatic N) is 2. The van der Waals surface area contributed by atoms with Crippen LogP contribution in [-0.2, 0) is 71.9 Å². The number of primary amides is 1. The molecule has 0 aromatic carbocycles. The first-order valence-corrected chi connectivity index (χ1v) is 30.8. The molecule has 32 nitrogen and oxygen atoms in total. The maximum atomic E-state index is 14.5. The summed E-state index contributed by atoms with van der Waals surface area (Å²) in [6.07, 6.45) is -1.29. The minimum absolute atomic E-state index is 0.0399. The normalized spacial score (nSPS) is 18.1. The lowest BCUT2D eigenvalue weighted by Crippen LogP contribution is -2.61. The fraction of sp³-hybridized carbons (Fsp3) is 0.741. The third-order valence-corrected chi connectivity index (χ3v) is 15.1. The Hall–Kier alpha value is -8.03. The molecule has 2 aliphatic rings. The summed E-state index contributed by atoms with van der Waals surface area (Å²) < 4.78 is 0. The van der Waals surface area contributed by atoms with Crippen molar-refractivity contribution < 1.29 is 87.2 Å². The zero-order valence-corrected chi connectivity index (χ0v) is 53.4. The van der Waals surface area contributed by atoms with E-state index in [9.17, 15) is 87.2 Å². The van der Waals surface area contributed by atoms with Crippen molar-refractivity contribution in [3.05, 3.63) is 0 Å². The van der Waals surface area contributed by atoms with Gasteiger partial charge in [-0.3, -0.25) is 67.1 Å². The molecule has 32 heteroatoms. The van der Waals surface area contributed by atoms with Crippen LogP contribution >= 0.6 is 0 Å². The van der Waals surface area contributed by atoms with Gasteiger partial charge in [-0.05, 0) is 115 Å². The molecule has 0 radical (unpaired) electrons. The van der Waals surface area contributed by atoms with Crippen molar-refractivity contribution in [1.82, 2.24) is 57.7 Å². The van der Waals surface area contributed by atoms with E-state index in [1.54, 1.807) is 55.4 Å². The smallest absolute Gasteiger partial charge is 0.326 e. The predicted octanol–water partition coefficient (Wildman–Crippen LogP) is -3.08. The van der Waals surface area contributed by atoms with Crippen LogP contribution in [0, 0.1) is 23.7 Å². The third-order valence-electron chi connectivity index (χ3n) is 15.1. The lowest BCUT2D eigenvalue weighted by molar-refractivity contribution is -0.145. The number of carbonyl (C=O) groups excluding carboxylic acids is 12. The predicted molar refractivity (Wildman–Crippen MR) is 323 cm³/mol. The molecular formula is C58H98N14O18. The monoisotopic (exact) mass is 1280 g/mol. The molecule has 0 bridgehead atoms. The number of hydrogen-bond donors (Lipinski definition) is 15. The van der Waals surface area contributed by atoms with Gasteiger partial charge in [0.25, 0.3) is 0 Å². The first-order chi connectivity index (χ1) is 42.0. The molecule has 0 aromatic heterocycles. The Morgan fingerprint density at radius 3 is 1.40 bits per heavy atom. The average Bonchev–Trinajstić information content (AvgIpc) is 1.76. The van der Waals surface area contributed by atoms with Gasteiger partial charge in [-0.2, -0.15) is 0 Å². The van der Waals surface area contributed by atoms with Gasteiger partial charge in [0.05, 0.1) is 12.5 Å². The van der Waals surface area contributed by atoms with Crippen molar-refractivity contribution in [1.29, 1.82) is 0 Å². The van der Waals surface area contributed by atoms with Crippen LogP contribution in [0.25, 0.3) is 0 Å². The standard InChI is InChI=1S/C58H98N14O18/c1-28(2)25-37(67-53(84)40-16-14-24-72(40)57(88)46(31(7)8)70-54(85)41-17-13-23-71(41)56(87)36(19-21-43(74)75)65-48(79)33(10)62-47(78)32(9)60)52(83)69-45(30(5)6)55(86)64-34(15-11-12-22-59)49(80)63-35(18-20-42(61)73)50(81)66-38(27-44(76)77)51(82)68-39(58(89)90)26-29(3)4/h28-41,45-46H,11-27,59-60H2,1-10H3,(H2,61,73)(H,62,78)(H,63,80)(H,64,86)(H,65,79)(H,66,81)(H,67,84)(H,68,82)(H,69,83)(H,70,85)(H,74,75)(H,76,77)(H,89,90)/t32-,33-,34-,35-,36-,37-,38-,39-,40-,41-,45-,46-/m0/s1. The molecule has 90 heavy (non-hydrogen) atoms. The largest absolute Gasteiger partial charge is 0.481 e. The van der Waals surface area contributed by atoms with Gasteiger partial charge in [-0.25, -0.2) is 4.79 Å². The molecule has 18 N–H and O–H groups in total. The molecule has 2 fully saturated rings. The Bertz CT molecular complexity index is 2570. The summed E-state index contributed by atoms with van der Waals surface area (Å²) in [5.41, 5.74) is 16.7. The van der Waals surface area contributed by atoms with E-state index in [-0.39, 0.29) is 76.4 Å². The molecule has 2 aliphatic heterocycles. The molecular weight excluding hydrogens is 1180 g/mol. The fourth-order valence-electron chi connectivity index (χ4n) is 10.2. The first kappa shape index (κ1) is 78.1. The molecule has 0 unspecified atom stereocenters. The number of carboxylic acids is 3. The highest BCUT2D eigenvalue weighted by molar-refractivity contribution is 6.00. The van der Waals surface area contributed by atoms with Crippen LogP contribution in [0.3, 0.4) is 0 Å². The van der Waals surface area contributed by atoms with Gasteiger partial charge in [-0.1, -0.05) is 55.4 Å². The number of aliphatic carboxylic acids is 3. The second-order valence-corrected chi connectivity index (χ2v) is 24.6. The van der Waals surface area contributed by atoms with Crippen molar-refractivity contribution in [2.45, 2.75) is 232 Å². The first-order valence-electron chi connectivity index (χ1n) is 30.8. The molecule has 2 rings (SSSR count). The van der Waals surface area contributed by atoms with E-state index in [0.717, 1.165) is 0 Å². The zero-order valence-electron chi connectivity index (χ0n) is 53.4. The average molecular weight is 1280 g/mol. The summed E-state index contributed by atoms with van der Waals surface area (Å²) in [4.78, 5) is 202. The molecule has 0 spiro atoms. The Kier molecular flexibility index (Phi) is 32.8. The van der Waals surface area contributed by atoms with E-state index in [4.69, 9.17) is 17.2 Å². The van der Waals surface area contributed by atoms with E-state index in [0.29, 0.717) is 19.3 Å². The molecule has 0 aliphatic carbocycles. The number of carbonyl (C=O) groups is 15. The minimum Gasteiger partial charge on any atom is -0.481 e. The van der Waals surface area contributed by atoms with E-state index >= 15 is 0 Å². The molecule has 2 saturated heterocycles. The van der Waals surface area contributed by atoms with E-state index in [2.05, 4.69) is 47.9 Å². The lowest BCUT2D eigenvalue weighted by Gasteiger charge is -2.33. The number of hydrogen-bond acceptors (Lipinski definition) is 17. The Labute approximate surface area is 524 Å². The fourth-order valence-corrected chi connectivity index (χ4v) is 10.2. The number of amides is 12. The summed E-state index contributed by atoms with van der Waals surface area (Å²) >= 11 is 0. The topological polar surface area (TPSA) is 510 Å². The highest BCUT2D eigenvalue weighted by atomic mass is 16.4. The summed E-state index contributed by atoms with van der Waals surface area (Å²) in [5.74, 6) is -16.0. The van der Waals surface area contributed by atoms with E-state index in [1.807, 2.05) is 0 Å². The van der Waals surface area contributed by atoms with Gasteiger partial charge in [0.15, 0.2) is 0 Å². The summed E-state index contributed by atoms with van der Waals surface area (Å²) in [7, 11) is 0. The lowest BCUT2D eigenvalue weighted by atomic mass is 9.98. The molecule has 12 atom stereocenters. The molecule has 0 saturated carbocycles. The molecule has 0 aromatic rings. The van der Waals surface area contributed by atoms with Crippen LogP contribution < -0.4 is 65.1 Å². The molecule has 12 amide bonds. The van der Waals surface area contributed by atoms with Crippen molar-refractivity contribution in [3.63, 3.8) is 0 Å². The van der Waals surface area contributed by atoms with Crippen molar-refractivity contribution in [2.24, 2.45) is 40.9 Å². The maximum absolute atomic E-state index is 14.5. The van der Waals surface area contributed by atoms with Crippen LogP contribution in [0.1, 0.15) is 159 Å². The Morgan fingerprint density at radius 1 is 0.456 bits per heavy atom. The zero-order chi connectivity index (χ0) is 68.4. The Morgan fingerprint density at radius 2 is 0.911 bits per heavy atom.